The Bertz CT molecular complexity index is 800. The zero-order chi connectivity index (χ0) is 25.2. The average molecular weight is 469 g/mol. The first kappa shape index (κ1) is 27.0. The first-order valence-corrected chi connectivity index (χ1v) is 11.5. The van der Waals surface area contributed by atoms with Crippen LogP contribution in [0.2, 0.25) is 0 Å². The summed E-state index contributed by atoms with van der Waals surface area (Å²) in [4.78, 5) is 51.1. The van der Waals surface area contributed by atoms with Gasteiger partial charge in [-0.3, -0.25) is 14.4 Å². The van der Waals surface area contributed by atoms with E-state index in [4.69, 9.17) is 14.2 Å². The lowest BCUT2D eigenvalue weighted by atomic mass is 9.75. The molecule has 186 valence electrons. The van der Waals surface area contributed by atoms with Crippen molar-refractivity contribution in [2.45, 2.75) is 90.8 Å². The Hall–Kier alpha value is -2.26. The topological polar surface area (TPSA) is 136 Å². The van der Waals surface area contributed by atoms with Crippen molar-refractivity contribution in [3.63, 3.8) is 0 Å². The number of esters is 3. The predicted octanol–water partition coefficient (Wildman–Crippen LogP) is 1.72. The van der Waals surface area contributed by atoms with Crippen molar-refractivity contribution in [3.05, 3.63) is 12.2 Å². The van der Waals surface area contributed by atoms with Crippen LogP contribution in [0.25, 0.3) is 0 Å². The van der Waals surface area contributed by atoms with E-state index in [-0.39, 0.29) is 18.4 Å². The molecule has 1 aliphatic heterocycles. The molecule has 0 spiro atoms. The lowest BCUT2D eigenvalue weighted by molar-refractivity contribution is -0.199. The van der Waals surface area contributed by atoms with Crippen LogP contribution in [0.4, 0.5) is 0 Å². The molecule has 33 heavy (non-hydrogen) atoms. The van der Waals surface area contributed by atoms with Crippen molar-refractivity contribution in [2.75, 3.05) is 0 Å². The molecule has 1 saturated carbocycles. The molecule has 1 aliphatic carbocycles. The monoisotopic (exact) mass is 468 g/mol. The average Bonchev–Trinajstić information content (AvgIpc) is 3.00. The van der Waals surface area contributed by atoms with E-state index in [2.05, 4.69) is 6.58 Å². The van der Waals surface area contributed by atoms with E-state index in [1.807, 2.05) is 0 Å². The minimum absolute atomic E-state index is 0.0180. The Morgan fingerprint density at radius 3 is 2.36 bits per heavy atom. The summed E-state index contributed by atoms with van der Waals surface area (Å²) < 4.78 is 16.6. The van der Waals surface area contributed by atoms with Gasteiger partial charge in [0, 0.05) is 17.9 Å². The summed E-state index contributed by atoms with van der Waals surface area (Å²) in [7, 11) is 0. The highest BCUT2D eigenvalue weighted by Crippen LogP contribution is 2.41. The Balaban J connectivity index is 2.62. The van der Waals surface area contributed by atoms with Gasteiger partial charge in [-0.15, -0.1) is 0 Å². The molecule has 0 aromatic heterocycles. The number of ketones is 1. The molecule has 9 heteroatoms. The standard InChI is InChI=1S/C24H36O9/c1-8-12(4)22(28)31-18-16-14(6)23(29)32-19(16)20(33-21(27)11(2)3)24(7,30)10-15(25)9-13(5)17(18)26/h11-13,15-16,18-20,25,30H,6,8-10H2,1-5,7H3/t12?,13?,15-,16?,18-,19+,20?,24?/m0/s1. The summed E-state index contributed by atoms with van der Waals surface area (Å²) in [6.45, 7) is 13.4. The van der Waals surface area contributed by atoms with Gasteiger partial charge in [-0.1, -0.05) is 41.2 Å². The third-order valence-electron chi connectivity index (χ3n) is 6.51. The molecule has 9 nitrogen and oxygen atoms in total. The van der Waals surface area contributed by atoms with Gasteiger partial charge in [0.1, 0.15) is 5.60 Å². The summed E-state index contributed by atoms with van der Waals surface area (Å²) >= 11 is 0. The zero-order valence-electron chi connectivity index (χ0n) is 20.2. The molecule has 2 N–H and O–H groups in total. The van der Waals surface area contributed by atoms with Crippen LogP contribution in [0.1, 0.15) is 60.8 Å². The number of aliphatic hydroxyl groups excluding tert-OH is 1. The van der Waals surface area contributed by atoms with E-state index in [0.29, 0.717) is 6.42 Å². The van der Waals surface area contributed by atoms with Crippen LogP contribution in [0, 0.1) is 23.7 Å². The molecule has 5 unspecified atom stereocenters. The van der Waals surface area contributed by atoms with Gasteiger partial charge in [0.2, 0.25) is 0 Å². The number of aliphatic hydroxyl groups is 2. The van der Waals surface area contributed by atoms with Crippen LogP contribution in [0.3, 0.4) is 0 Å². The van der Waals surface area contributed by atoms with E-state index in [1.54, 1.807) is 34.6 Å². The van der Waals surface area contributed by atoms with Crippen molar-refractivity contribution in [3.8, 4) is 0 Å². The van der Waals surface area contributed by atoms with Crippen molar-refractivity contribution >= 4 is 23.7 Å². The third kappa shape index (κ3) is 5.81. The van der Waals surface area contributed by atoms with Crippen LogP contribution in [-0.4, -0.2) is 63.9 Å². The SMILES string of the molecule is C=C1C(=O)O[C@@H]2C1[C@H](OC(=O)C(C)CC)C(=O)C(C)C[C@H](O)CC(C)(O)C2OC(=O)C(C)C. The van der Waals surface area contributed by atoms with Gasteiger partial charge in [-0.2, -0.15) is 0 Å². The Kier molecular flexibility index (Phi) is 8.46. The third-order valence-corrected chi connectivity index (χ3v) is 6.51. The maximum atomic E-state index is 13.4. The molecular weight excluding hydrogens is 432 g/mol. The molecule has 0 bridgehead atoms. The lowest BCUT2D eigenvalue weighted by Gasteiger charge is -2.41. The molecule has 1 heterocycles. The highest BCUT2D eigenvalue weighted by Gasteiger charge is 2.57. The molecule has 0 aromatic rings. The highest BCUT2D eigenvalue weighted by atomic mass is 16.6. The fourth-order valence-corrected chi connectivity index (χ4v) is 4.22. The molecule has 0 amide bonds. The Morgan fingerprint density at radius 1 is 1.21 bits per heavy atom. The van der Waals surface area contributed by atoms with Crippen molar-refractivity contribution in [1.82, 2.24) is 0 Å². The molecule has 0 aromatic carbocycles. The number of carbonyl (C=O) groups is 4. The second kappa shape index (κ2) is 10.3. The molecule has 8 atom stereocenters. The molecular formula is C24H36O9. The summed E-state index contributed by atoms with van der Waals surface area (Å²) in [5.74, 6) is -5.60. The van der Waals surface area contributed by atoms with Gasteiger partial charge in [0.05, 0.1) is 23.9 Å². The van der Waals surface area contributed by atoms with E-state index in [1.165, 1.54) is 6.92 Å². The first-order valence-electron chi connectivity index (χ1n) is 11.5. The van der Waals surface area contributed by atoms with Gasteiger partial charge in [0.25, 0.3) is 0 Å². The second-order valence-electron chi connectivity index (χ2n) is 9.85. The minimum atomic E-state index is -1.82. The summed E-state index contributed by atoms with van der Waals surface area (Å²) in [6.07, 6.45) is -5.11. The molecule has 2 aliphatic rings. The van der Waals surface area contributed by atoms with E-state index < -0.39 is 77.4 Å². The predicted molar refractivity (Wildman–Crippen MR) is 117 cm³/mol. The van der Waals surface area contributed by atoms with Gasteiger partial charge in [-0.25, -0.2) is 4.79 Å². The maximum absolute atomic E-state index is 13.4. The van der Waals surface area contributed by atoms with Gasteiger partial charge in [-0.05, 0) is 19.8 Å². The number of rotatable bonds is 5. The molecule has 2 rings (SSSR count). The maximum Gasteiger partial charge on any atom is 0.334 e. The smallest absolute Gasteiger partial charge is 0.334 e. The normalized spacial score (nSPS) is 36.1. The van der Waals surface area contributed by atoms with Crippen LogP contribution in [0.15, 0.2) is 12.2 Å². The van der Waals surface area contributed by atoms with Crippen molar-refractivity contribution in [2.24, 2.45) is 23.7 Å². The van der Waals surface area contributed by atoms with Crippen LogP contribution >= 0.6 is 0 Å². The molecule has 0 radical (unpaired) electrons. The molecule has 1 saturated heterocycles. The van der Waals surface area contributed by atoms with Gasteiger partial charge < -0.3 is 24.4 Å². The number of hydrogen-bond acceptors (Lipinski definition) is 9. The molecule has 2 fully saturated rings. The number of ether oxygens (including phenoxy) is 3. The van der Waals surface area contributed by atoms with E-state index in [0.717, 1.165) is 0 Å². The van der Waals surface area contributed by atoms with Crippen LogP contribution in [0.5, 0.6) is 0 Å². The van der Waals surface area contributed by atoms with Crippen molar-refractivity contribution < 1.29 is 43.6 Å². The first-order chi connectivity index (χ1) is 15.2. The second-order valence-corrected chi connectivity index (χ2v) is 9.85. The van der Waals surface area contributed by atoms with Crippen molar-refractivity contribution in [1.29, 1.82) is 0 Å². The fraction of sp³-hybridized carbons (Fsp3) is 0.750. The largest absolute Gasteiger partial charge is 0.455 e. The minimum Gasteiger partial charge on any atom is -0.455 e. The van der Waals surface area contributed by atoms with Gasteiger partial charge >= 0.3 is 17.9 Å². The Labute approximate surface area is 194 Å². The summed E-state index contributed by atoms with van der Waals surface area (Å²) in [6, 6.07) is 0. The van der Waals surface area contributed by atoms with E-state index in [9.17, 15) is 29.4 Å². The highest BCUT2D eigenvalue weighted by molar-refractivity contribution is 5.95. The fourth-order valence-electron chi connectivity index (χ4n) is 4.22. The van der Waals surface area contributed by atoms with Crippen LogP contribution in [-0.2, 0) is 33.4 Å². The number of Topliss-reactive ketones (excluding diaryl/α,β-unsaturated/α-hetero) is 1. The lowest BCUT2D eigenvalue weighted by Crippen LogP contribution is -2.57. The zero-order valence-corrected chi connectivity index (χ0v) is 20.2. The van der Waals surface area contributed by atoms with Crippen LogP contribution < -0.4 is 0 Å². The number of fused-ring (bicyclic) bond motifs is 1. The Morgan fingerprint density at radius 2 is 1.82 bits per heavy atom. The van der Waals surface area contributed by atoms with E-state index >= 15 is 0 Å². The quantitative estimate of drug-likeness (QED) is 0.351. The van der Waals surface area contributed by atoms with Gasteiger partial charge in [0.15, 0.2) is 24.1 Å². The summed E-state index contributed by atoms with van der Waals surface area (Å²) in [5.41, 5.74) is -1.92. The summed E-state index contributed by atoms with van der Waals surface area (Å²) in [5, 5.41) is 21.8. The number of carbonyl (C=O) groups excluding carboxylic acids is 4. The number of hydrogen-bond donors (Lipinski definition) is 2.